The van der Waals surface area contributed by atoms with Gasteiger partial charge in [0.25, 0.3) is 0 Å². The molecule has 0 aromatic heterocycles. The molecule has 2 aliphatic rings. The van der Waals surface area contributed by atoms with Gasteiger partial charge in [0.15, 0.2) is 0 Å². The maximum absolute atomic E-state index is 3.72. The molecule has 2 saturated carbocycles. The first kappa shape index (κ1) is 14.3. The predicted octanol–water partition coefficient (Wildman–Crippen LogP) is 3.13. The minimum Gasteiger partial charge on any atom is -0.314 e. The quantitative estimate of drug-likeness (QED) is 0.781. The summed E-state index contributed by atoms with van der Waals surface area (Å²) in [5.74, 6) is 2.78. The van der Waals surface area contributed by atoms with E-state index in [4.69, 9.17) is 0 Å². The van der Waals surface area contributed by atoms with Crippen molar-refractivity contribution in [1.82, 2.24) is 10.2 Å². The van der Waals surface area contributed by atoms with Crippen LogP contribution in [0.5, 0.6) is 0 Å². The molecule has 4 atom stereocenters. The second kappa shape index (κ2) is 6.38. The van der Waals surface area contributed by atoms with E-state index < -0.39 is 0 Å². The highest BCUT2D eigenvalue weighted by Crippen LogP contribution is 2.36. The Bertz CT molecular complexity index is 249. The van der Waals surface area contributed by atoms with Crippen molar-refractivity contribution >= 4 is 0 Å². The van der Waals surface area contributed by atoms with Crippen molar-refractivity contribution < 1.29 is 0 Å². The van der Waals surface area contributed by atoms with Gasteiger partial charge >= 0.3 is 0 Å². The zero-order valence-electron chi connectivity index (χ0n) is 12.8. The Labute approximate surface area is 114 Å². The van der Waals surface area contributed by atoms with Gasteiger partial charge in [-0.2, -0.15) is 0 Å². The number of rotatable bonds is 6. The van der Waals surface area contributed by atoms with Crippen LogP contribution in [0, 0.1) is 17.8 Å². The van der Waals surface area contributed by atoms with Gasteiger partial charge in [0.05, 0.1) is 0 Å². The van der Waals surface area contributed by atoms with Crippen LogP contribution in [-0.2, 0) is 0 Å². The van der Waals surface area contributed by atoms with E-state index in [1.54, 1.807) is 0 Å². The van der Waals surface area contributed by atoms with E-state index in [1.165, 1.54) is 38.6 Å². The first-order chi connectivity index (χ1) is 8.61. The second-order valence-corrected chi connectivity index (χ2v) is 6.86. The van der Waals surface area contributed by atoms with Crippen molar-refractivity contribution in [3.63, 3.8) is 0 Å². The fourth-order valence-electron chi connectivity index (χ4n) is 3.71. The Kier molecular flexibility index (Phi) is 5.08. The van der Waals surface area contributed by atoms with E-state index in [0.29, 0.717) is 0 Å². The van der Waals surface area contributed by atoms with Gasteiger partial charge in [0, 0.05) is 18.6 Å². The minimum atomic E-state index is 0.764. The molecular weight excluding hydrogens is 220 g/mol. The van der Waals surface area contributed by atoms with Crippen LogP contribution < -0.4 is 5.32 Å². The molecule has 0 aliphatic heterocycles. The van der Waals surface area contributed by atoms with Crippen molar-refractivity contribution in [2.24, 2.45) is 17.8 Å². The average molecular weight is 252 g/mol. The van der Waals surface area contributed by atoms with Gasteiger partial charge < -0.3 is 10.2 Å². The smallest absolute Gasteiger partial charge is 0.0108 e. The van der Waals surface area contributed by atoms with Crippen LogP contribution in [0.1, 0.15) is 52.9 Å². The molecule has 0 bridgehead atoms. The standard InChI is InChI=1S/C16H32N2/c1-5-17-16-9-6-12(2)10-15(16)11-18(4)13(3)14-7-8-14/h12-17H,5-11H2,1-4H3. The summed E-state index contributed by atoms with van der Waals surface area (Å²) in [5, 5.41) is 3.72. The van der Waals surface area contributed by atoms with Crippen molar-refractivity contribution in [3.8, 4) is 0 Å². The maximum atomic E-state index is 3.72. The SMILES string of the molecule is CCNC1CCC(C)CC1CN(C)C(C)C1CC1. The van der Waals surface area contributed by atoms with E-state index in [-0.39, 0.29) is 0 Å². The summed E-state index contributed by atoms with van der Waals surface area (Å²) < 4.78 is 0. The van der Waals surface area contributed by atoms with E-state index in [1.807, 2.05) is 0 Å². The van der Waals surface area contributed by atoms with Gasteiger partial charge in [-0.05, 0) is 70.4 Å². The van der Waals surface area contributed by atoms with E-state index >= 15 is 0 Å². The van der Waals surface area contributed by atoms with Gasteiger partial charge in [0.1, 0.15) is 0 Å². The fraction of sp³-hybridized carbons (Fsp3) is 1.00. The van der Waals surface area contributed by atoms with Crippen molar-refractivity contribution in [2.45, 2.75) is 65.0 Å². The van der Waals surface area contributed by atoms with Crippen molar-refractivity contribution in [1.29, 1.82) is 0 Å². The molecule has 0 heterocycles. The lowest BCUT2D eigenvalue weighted by molar-refractivity contribution is 0.132. The van der Waals surface area contributed by atoms with E-state index in [0.717, 1.165) is 36.4 Å². The minimum absolute atomic E-state index is 0.764. The Balaban J connectivity index is 1.86. The number of nitrogens with one attached hydrogen (secondary N) is 1. The Hall–Kier alpha value is -0.0800. The van der Waals surface area contributed by atoms with Crippen molar-refractivity contribution in [2.75, 3.05) is 20.1 Å². The molecule has 2 rings (SSSR count). The molecule has 0 saturated heterocycles. The summed E-state index contributed by atoms with van der Waals surface area (Å²) in [4.78, 5) is 2.63. The van der Waals surface area contributed by atoms with Crippen LogP contribution in [-0.4, -0.2) is 37.1 Å². The normalized spacial score (nSPS) is 34.8. The maximum Gasteiger partial charge on any atom is 0.0108 e. The molecule has 18 heavy (non-hydrogen) atoms. The highest BCUT2D eigenvalue weighted by atomic mass is 15.1. The van der Waals surface area contributed by atoms with Crippen LogP contribution in [0.4, 0.5) is 0 Å². The molecular formula is C16H32N2. The van der Waals surface area contributed by atoms with Crippen LogP contribution in [0.2, 0.25) is 0 Å². The summed E-state index contributed by atoms with van der Waals surface area (Å²) in [7, 11) is 2.34. The zero-order chi connectivity index (χ0) is 13.1. The Morgan fingerprint density at radius 3 is 2.56 bits per heavy atom. The Morgan fingerprint density at radius 1 is 1.22 bits per heavy atom. The summed E-state index contributed by atoms with van der Waals surface area (Å²) in [6.45, 7) is 9.51. The monoisotopic (exact) mass is 252 g/mol. The number of hydrogen-bond donors (Lipinski definition) is 1. The van der Waals surface area contributed by atoms with E-state index in [9.17, 15) is 0 Å². The highest BCUT2D eigenvalue weighted by molar-refractivity contribution is 4.89. The molecule has 0 radical (unpaired) electrons. The summed E-state index contributed by atoms with van der Waals surface area (Å²) >= 11 is 0. The first-order valence-electron chi connectivity index (χ1n) is 8.05. The van der Waals surface area contributed by atoms with Gasteiger partial charge in [-0.1, -0.05) is 13.8 Å². The topological polar surface area (TPSA) is 15.3 Å². The largest absolute Gasteiger partial charge is 0.314 e. The molecule has 0 aromatic rings. The zero-order valence-corrected chi connectivity index (χ0v) is 12.8. The summed E-state index contributed by atoms with van der Waals surface area (Å²) in [5.41, 5.74) is 0. The molecule has 1 N–H and O–H groups in total. The third-order valence-corrected chi connectivity index (χ3v) is 5.23. The van der Waals surface area contributed by atoms with Gasteiger partial charge in [-0.3, -0.25) is 0 Å². The van der Waals surface area contributed by atoms with Crippen molar-refractivity contribution in [3.05, 3.63) is 0 Å². The van der Waals surface area contributed by atoms with Gasteiger partial charge in [-0.15, -0.1) is 0 Å². The van der Waals surface area contributed by atoms with E-state index in [2.05, 4.69) is 38.0 Å². The molecule has 0 spiro atoms. The molecule has 2 heteroatoms. The van der Waals surface area contributed by atoms with Gasteiger partial charge in [-0.25, -0.2) is 0 Å². The summed E-state index contributed by atoms with van der Waals surface area (Å²) in [6.07, 6.45) is 7.13. The molecule has 2 nitrogen and oxygen atoms in total. The molecule has 2 fully saturated rings. The number of nitrogens with zero attached hydrogens (tertiary/aromatic N) is 1. The van der Waals surface area contributed by atoms with Crippen LogP contribution in [0.25, 0.3) is 0 Å². The molecule has 2 aliphatic carbocycles. The lowest BCUT2D eigenvalue weighted by Crippen LogP contribution is -2.46. The molecule has 4 unspecified atom stereocenters. The molecule has 0 amide bonds. The lowest BCUT2D eigenvalue weighted by Gasteiger charge is -2.39. The highest BCUT2D eigenvalue weighted by Gasteiger charge is 2.34. The third-order valence-electron chi connectivity index (χ3n) is 5.23. The lowest BCUT2D eigenvalue weighted by atomic mass is 9.78. The summed E-state index contributed by atoms with van der Waals surface area (Å²) in [6, 6.07) is 1.56. The average Bonchev–Trinajstić information content (AvgIpc) is 3.16. The molecule has 0 aromatic carbocycles. The Morgan fingerprint density at radius 2 is 1.94 bits per heavy atom. The second-order valence-electron chi connectivity index (χ2n) is 6.86. The van der Waals surface area contributed by atoms with Crippen LogP contribution >= 0.6 is 0 Å². The fourth-order valence-corrected chi connectivity index (χ4v) is 3.71. The van der Waals surface area contributed by atoms with Crippen LogP contribution in [0.15, 0.2) is 0 Å². The third kappa shape index (κ3) is 3.71. The first-order valence-corrected chi connectivity index (χ1v) is 8.05. The predicted molar refractivity (Wildman–Crippen MR) is 78.8 cm³/mol. The molecule has 106 valence electrons. The number of hydrogen-bond acceptors (Lipinski definition) is 2. The van der Waals surface area contributed by atoms with Gasteiger partial charge in [0.2, 0.25) is 0 Å². The van der Waals surface area contributed by atoms with Crippen LogP contribution in [0.3, 0.4) is 0 Å².